The van der Waals surface area contributed by atoms with Crippen molar-refractivity contribution in [2.24, 2.45) is 0 Å². The Kier molecular flexibility index (Phi) is 3.97. The molecular formula is C14H19NO2S. The maximum atomic E-state index is 12.5. The molecule has 1 aliphatic heterocycles. The van der Waals surface area contributed by atoms with Crippen molar-refractivity contribution in [2.75, 3.05) is 13.1 Å². The van der Waals surface area contributed by atoms with Gasteiger partial charge in [-0.3, -0.25) is 4.79 Å². The second-order valence-electron chi connectivity index (χ2n) is 4.97. The zero-order valence-corrected chi connectivity index (χ0v) is 11.9. The van der Waals surface area contributed by atoms with Crippen molar-refractivity contribution in [3.05, 3.63) is 29.3 Å². The highest BCUT2D eigenvalue weighted by Gasteiger charge is 2.27. The lowest BCUT2D eigenvalue weighted by Crippen LogP contribution is -2.48. The van der Waals surface area contributed by atoms with Crippen LogP contribution >= 0.6 is 12.6 Å². The van der Waals surface area contributed by atoms with Crippen LogP contribution in [0.15, 0.2) is 23.1 Å². The molecule has 0 aliphatic carbocycles. The summed E-state index contributed by atoms with van der Waals surface area (Å²) in [6.07, 6.45) is 0.189. The molecule has 3 nitrogen and oxygen atoms in total. The molecule has 0 aromatic heterocycles. The van der Waals surface area contributed by atoms with Crippen LogP contribution in [0.5, 0.6) is 0 Å². The number of amides is 1. The predicted molar refractivity (Wildman–Crippen MR) is 74.3 cm³/mol. The van der Waals surface area contributed by atoms with Crippen LogP contribution in [0.2, 0.25) is 0 Å². The second kappa shape index (κ2) is 5.33. The third kappa shape index (κ3) is 2.87. The number of ether oxygens (including phenoxy) is 1. The third-order valence-electron chi connectivity index (χ3n) is 3.16. The largest absolute Gasteiger partial charge is 0.372 e. The number of carbonyl (C=O) groups excluding carboxylic acids is 1. The van der Waals surface area contributed by atoms with Gasteiger partial charge in [0.15, 0.2) is 0 Å². The maximum Gasteiger partial charge on any atom is 0.254 e. The smallest absolute Gasteiger partial charge is 0.254 e. The summed E-state index contributed by atoms with van der Waals surface area (Å²) in [7, 11) is 0. The first-order valence-electron chi connectivity index (χ1n) is 6.21. The number of aryl methyl sites for hydroxylation is 1. The molecule has 18 heavy (non-hydrogen) atoms. The Morgan fingerprint density at radius 1 is 1.33 bits per heavy atom. The lowest BCUT2D eigenvalue weighted by molar-refractivity contribution is -0.0586. The van der Waals surface area contributed by atoms with Crippen LogP contribution < -0.4 is 0 Å². The average Bonchev–Trinajstić information content (AvgIpc) is 2.30. The zero-order chi connectivity index (χ0) is 13.3. The molecule has 0 radical (unpaired) electrons. The monoisotopic (exact) mass is 265 g/mol. The van der Waals surface area contributed by atoms with E-state index in [0.717, 1.165) is 16.0 Å². The first-order chi connectivity index (χ1) is 8.47. The van der Waals surface area contributed by atoms with Gasteiger partial charge in [-0.15, -0.1) is 12.6 Å². The molecule has 1 aromatic rings. The minimum atomic E-state index is 0.0744. The first-order valence-corrected chi connectivity index (χ1v) is 6.66. The second-order valence-corrected chi connectivity index (χ2v) is 5.48. The highest BCUT2D eigenvalue weighted by atomic mass is 32.1. The summed E-state index contributed by atoms with van der Waals surface area (Å²) in [5, 5.41) is 0. The Balaban J connectivity index is 2.22. The van der Waals surface area contributed by atoms with Gasteiger partial charge in [0, 0.05) is 23.5 Å². The Morgan fingerprint density at radius 3 is 2.56 bits per heavy atom. The van der Waals surface area contributed by atoms with E-state index in [4.69, 9.17) is 4.74 Å². The van der Waals surface area contributed by atoms with E-state index in [1.165, 1.54) is 0 Å². The molecule has 1 aliphatic rings. The van der Waals surface area contributed by atoms with Crippen LogP contribution in [-0.2, 0) is 4.74 Å². The number of nitrogens with zero attached hydrogens (tertiary/aromatic N) is 1. The van der Waals surface area contributed by atoms with Crippen LogP contribution in [0.25, 0.3) is 0 Å². The van der Waals surface area contributed by atoms with Crippen molar-refractivity contribution >= 4 is 18.5 Å². The molecule has 2 rings (SSSR count). The summed E-state index contributed by atoms with van der Waals surface area (Å²) in [5.74, 6) is 0.0744. The van der Waals surface area contributed by atoms with Gasteiger partial charge in [-0.25, -0.2) is 0 Å². The van der Waals surface area contributed by atoms with Gasteiger partial charge in [-0.1, -0.05) is 6.07 Å². The number of hydrogen-bond acceptors (Lipinski definition) is 3. The predicted octanol–water partition coefficient (Wildman–Crippen LogP) is 2.53. The molecule has 98 valence electrons. The molecule has 0 bridgehead atoms. The summed E-state index contributed by atoms with van der Waals surface area (Å²) in [6.45, 7) is 7.25. The summed E-state index contributed by atoms with van der Waals surface area (Å²) in [4.78, 5) is 15.2. The fourth-order valence-electron chi connectivity index (χ4n) is 2.35. The first kappa shape index (κ1) is 13.4. The number of benzene rings is 1. The molecule has 1 aromatic carbocycles. The van der Waals surface area contributed by atoms with Gasteiger partial charge in [0.05, 0.1) is 12.2 Å². The van der Waals surface area contributed by atoms with Gasteiger partial charge in [-0.05, 0) is 38.5 Å². The molecule has 1 saturated heterocycles. The van der Waals surface area contributed by atoms with E-state index in [1.807, 2.05) is 43.9 Å². The fraction of sp³-hybridized carbons (Fsp3) is 0.500. The molecule has 1 amide bonds. The quantitative estimate of drug-likeness (QED) is 0.791. The van der Waals surface area contributed by atoms with Gasteiger partial charge < -0.3 is 9.64 Å². The van der Waals surface area contributed by atoms with Crippen molar-refractivity contribution in [1.82, 2.24) is 4.90 Å². The Bertz CT molecular complexity index is 451. The number of morpholine rings is 1. The van der Waals surface area contributed by atoms with Crippen molar-refractivity contribution in [3.8, 4) is 0 Å². The molecule has 1 heterocycles. The summed E-state index contributed by atoms with van der Waals surface area (Å²) in [6, 6.07) is 5.67. The highest BCUT2D eigenvalue weighted by molar-refractivity contribution is 7.80. The number of carbonyl (C=O) groups is 1. The van der Waals surface area contributed by atoms with Crippen LogP contribution in [-0.4, -0.2) is 36.1 Å². The third-order valence-corrected chi connectivity index (χ3v) is 3.44. The molecule has 0 spiro atoms. The van der Waals surface area contributed by atoms with Crippen molar-refractivity contribution < 1.29 is 9.53 Å². The molecular weight excluding hydrogens is 246 g/mol. The summed E-state index contributed by atoms with van der Waals surface area (Å²) < 4.78 is 5.65. The molecule has 0 N–H and O–H groups in total. The average molecular weight is 265 g/mol. The highest BCUT2D eigenvalue weighted by Crippen LogP contribution is 2.19. The number of thiol groups is 1. The standard InChI is InChI=1S/C14H19NO2S/c1-9-4-5-12(18)6-13(9)14(16)15-7-10(2)17-11(3)8-15/h4-6,10-11,18H,7-8H2,1-3H3/t10-,11+. The molecule has 0 unspecified atom stereocenters. The minimum Gasteiger partial charge on any atom is -0.372 e. The number of rotatable bonds is 1. The van der Waals surface area contributed by atoms with E-state index < -0.39 is 0 Å². The lowest BCUT2D eigenvalue weighted by Gasteiger charge is -2.35. The van der Waals surface area contributed by atoms with E-state index in [1.54, 1.807) is 0 Å². The Hall–Kier alpha value is -1.00. The van der Waals surface area contributed by atoms with E-state index in [9.17, 15) is 4.79 Å². The Labute approximate surface area is 114 Å². The molecule has 1 fully saturated rings. The fourth-order valence-corrected chi connectivity index (χ4v) is 2.56. The minimum absolute atomic E-state index is 0.0744. The van der Waals surface area contributed by atoms with Gasteiger partial charge in [0.1, 0.15) is 0 Å². The topological polar surface area (TPSA) is 29.5 Å². The van der Waals surface area contributed by atoms with Gasteiger partial charge in [0.2, 0.25) is 0 Å². The normalized spacial score (nSPS) is 24.1. The molecule has 4 heteroatoms. The van der Waals surface area contributed by atoms with E-state index in [2.05, 4.69) is 12.6 Å². The van der Waals surface area contributed by atoms with Crippen LogP contribution in [0.4, 0.5) is 0 Å². The number of hydrogen-bond donors (Lipinski definition) is 1. The van der Waals surface area contributed by atoms with Crippen LogP contribution in [0, 0.1) is 6.92 Å². The maximum absolute atomic E-state index is 12.5. The van der Waals surface area contributed by atoms with Crippen molar-refractivity contribution in [1.29, 1.82) is 0 Å². The van der Waals surface area contributed by atoms with Gasteiger partial charge in [0.25, 0.3) is 5.91 Å². The SMILES string of the molecule is Cc1ccc(S)cc1C(=O)N1C[C@@H](C)O[C@@H](C)C1. The zero-order valence-electron chi connectivity index (χ0n) is 11.0. The summed E-state index contributed by atoms with van der Waals surface area (Å²) in [5.41, 5.74) is 1.73. The van der Waals surface area contributed by atoms with E-state index in [-0.39, 0.29) is 18.1 Å². The van der Waals surface area contributed by atoms with E-state index in [0.29, 0.717) is 13.1 Å². The molecule has 0 saturated carbocycles. The van der Waals surface area contributed by atoms with Crippen LogP contribution in [0.3, 0.4) is 0 Å². The van der Waals surface area contributed by atoms with E-state index >= 15 is 0 Å². The van der Waals surface area contributed by atoms with Gasteiger partial charge in [-0.2, -0.15) is 0 Å². The van der Waals surface area contributed by atoms with Crippen LogP contribution in [0.1, 0.15) is 29.8 Å². The van der Waals surface area contributed by atoms with Crippen molar-refractivity contribution in [2.45, 2.75) is 37.9 Å². The van der Waals surface area contributed by atoms with Crippen molar-refractivity contribution in [3.63, 3.8) is 0 Å². The summed E-state index contributed by atoms with van der Waals surface area (Å²) >= 11 is 4.30. The lowest BCUT2D eigenvalue weighted by atomic mass is 10.1. The van der Waals surface area contributed by atoms with Gasteiger partial charge >= 0.3 is 0 Å². The molecule has 2 atom stereocenters. The Morgan fingerprint density at radius 2 is 1.94 bits per heavy atom.